The normalized spacial score (nSPS) is 12.2. The van der Waals surface area contributed by atoms with Gasteiger partial charge in [0, 0.05) is 100 Å². The van der Waals surface area contributed by atoms with E-state index in [1.165, 1.54) is 12.1 Å². The number of nitrogens with zero attached hydrogens (tertiary/aromatic N) is 8. The first-order valence-corrected chi connectivity index (χ1v) is 34.6. The van der Waals surface area contributed by atoms with E-state index in [4.69, 9.17) is 24.9 Å². The van der Waals surface area contributed by atoms with Crippen LogP contribution in [0.3, 0.4) is 0 Å². The summed E-state index contributed by atoms with van der Waals surface area (Å²) in [6.45, 7) is -0.354. The van der Waals surface area contributed by atoms with E-state index in [-0.39, 0.29) is 29.7 Å². The minimum Gasteiger partial charge on any atom is -0.508 e. The van der Waals surface area contributed by atoms with Gasteiger partial charge in [-0.05, 0) is 153 Å². The van der Waals surface area contributed by atoms with Gasteiger partial charge in [-0.25, -0.2) is 24.9 Å². The van der Waals surface area contributed by atoms with E-state index >= 15 is 0 Å². The van der Waals surface area contributed by atoms with Gasteiger partial charge in [0.15, 0.2) is 23.3 Å². The summed E-state index contributed by atoms with van der Waals surface area (Å²) in [6.07, 6.45) is 0. The van der Waals surface area contributed by atoms with Crippen LogP contribution in [0.25, 0.3) is 184 Å². The van der Waals surface area contributed by atoms with Gasteiger partial charge in [0.25, 0.3) is 6.71 Å². The summed E-state index contributed by atoms with van der Waals surface area (Å²) < 4.78 is 7.24. The molecule has 2 aliphatic heterocycles. The summed E-state index contributed by atoms with van der Waals surface area (Å²) >= 11 is 0. The first kappa shape index (κ1) is 58.8. The summed E-state index contributed by atoms with van der Waals surface area (Å²) in [4.78, 5) is 26.7. The predicted octanol–water partition coefficient (Wildman–Crippen LogP) is 18.9. The number of hydrogen-bond donors (Lipinski definition) is 4. The number of phenols is 4. The average Bonchev–Trinajstić information content (AvgIpc) is 1.44. The van der Waals surface area contributed by atoms with E-state index in [0.717, 1.165) is 166 Å². The van der Waals surface area contributed by atoms with Gasteiger partial charge in [0.05, 0.1) is 39.1 Å². The Bertz CT molecular complexity index is 6500. The lowest BCUT2D eigenvalue weighted by Gasteiger charge is -2.34. The van der Waals surface area contributed by atoms with Gasteiger partial charge in [-0.2, -0.15) is 0 Å². The zero-order valence-electron chi connectivity index (χ0n) is 55.4. The van der Waals surface area contributed by atoms with E-state index in [2.05, 4.69) is 190 Å². The zero-order chi connectivity index (χ0) is 69.0. The lowest BCUT2D eigenvalue weighted by molar-refractivity contribution is 0.450. The molecule has 7 heterocycles. The van der Waals surface area contributed by atoms with Gasteiger partial charge in [-0.1, -0.05) is 194 Å². The molecular formula is C91H55BN8O4. The molecule has 21 rings (SSSR count). The number of fused-ring (bicyclic) bond motifs is 13. The van der Waals surface area contributed by atoms with Crippen LogP contribution < -0.4 is 16.4 Å². The monoisotopic (exact) mass is 1330 g/mol. The molecule has 0 saturated carbocycles. The highest BCUT2D eigenvalue weighted by Gasteiger charge is 2.42. The number of benzene rings is 14. The molecule has 0 atom stereocenters. The molecule has 486 valence electrons. The Balaban J connectivity index is 0.816. The van der Waals surface area contributed by atoms with Crippen LogP contribution in [-0.4, -0.2) is 65.8 Å². The van der Waals surface area contributed by atoms with Crippen molar-refractivity contribution >= 4 is 88.5 Å². The fourth-order valence-electron chi connectivity index (χ4n) is 16.5. The Labute approximate surface area is 595 Å². The second-order valence-corrected chi connectivity index (χ2v) is 27.0. The lowest BCUT2D eigenvalue weighted by atomic mass is 9.34. The zero-order valence-corrected chi connectivity index (χ0v) is 55.4. The van der Waals surface area contributed by atoms with Gasteiger partial charge >= 0.3 is 0 Å². The molecule has 13 heteroatoms. The molecular weight excluding hydrogens is 1280 g/mol. The van der Waals surface area contributed by atoms with Crippen LogP contribution in [0, 0.1) is 0 Å². The topological polar surface area (TPSA) is 160 Å². The van der Waals surface area contributed by atoms with Crippen LogP contribution in [0.15, 0.2) is 309 Å². The average molecular weight is 1340 g/mol. The maximum atomic E-state index is 11.0. The highest BCUT2D eigenvalue weighted by atomic mass is 16.3. The standard InChI is InChI=1S/C91H55BN8O4/c101-63-37-58(38-64(102)49-63)60-43-71-68-28-14-17-31-79(68)99-83-47-62(48-84-85(83)92(74(45-60)86(71)99)75-46-61(59-39-65(103)50-66(104)40-59)44-72-69-29-15-18-32-80(69)100(84)87(72)75)56-33-35-81-70(41-56)67-27-13-16-30-78(67)98(81)82-36-34-57(90-93-76(52-19-5-1-6-20-52)51-77(94-90)53-21-7-2-8-22-53)42-73(82)91-96-88(54-23-9-3-10-24-54)95-89(97-91)55-25-11-4-12-26-55/h1-51,101-104H. The Morgan fingerprint density at radius 2 is 0.606 bits per heavy atom. The third kappa shape index (κ3) is 9.16. The second kappa shape index (κ2) is 22.7. The van der Waals surface area contributed by atoms with Crippen molar-refractivity contribution in [2.45, 2.75) is 0 Å². The van der Waals surface area contributed by atoms with Crippen molar-refractivity contribution in [2.75, 3.05) is 0 Å². The molecule has 0 amide bonds. The molecule has 0 spiro atoms. The largest absolute Gasteiger partial charge is 0.508 e. The molecule has 4 N–H and O–H groups in total. The number of aromatic hydroxyl groups is 4. The van der Waals surface area contributed by atoms with Crippen molar-refractivity contribution in [3.05, 3.63) is 309 Å². The number of para-hydroxylation sites is 3. The molecule has 5 aromatic heterocycles. The van der Waals surface area contributed by atoms with Gasteiger partial charge in [-0.3, -0.25) is 0 Å². The van der Waals surface area contributed by atoms with Crippen molar-refractivity contribution in [1.82, 2.24) is 38.6 Å². The summed E-state index contributed by atoms with van der Waals surface area (Å²) in [6, 6.07) is 105. The Hall–Kier alpha value is -14.2. The van der Waals surface area contributed by atoms with Crippen LogP contribution in [0.1, 0.15) is 0 Å². The van der Waals surface area contributed by atoms with Gasteiger partial charge in [0.2, 0.25) is 0 Å². The molecule has 19 aromatic rings. The first-order chi connectivity index (χ1) is 51.2. The Morgan fingerprint density at radius 1 is 0.231 bits per heavy atom. The quantitative estimate of drug-likeness (QED) is 0.0978. The number of aromatic nitrogens is 8. The molecule has 14 aromatic carbocycles. The fraction of sp³-hybridized carbons (Fsp3) is 0. The summed E-state index contributed by atoms with van der Waals surface area (Å²) in [5.74, 6) is 1.97. The molecule has 0 fully saturated rings. The van der Waals surface area contributed by atoms with Crippen LogP contribution in [-0.2, 0) is 0 Å². The number of rotatable bonds is 10. The van der Waals surface area contributed by atoms with E-state index in [0.29, 0.717) is 34.4 Å². The molecule has 104 heavy (non-hydrogen) atoms. The van der Waals surface area contributed by atoms with Gasteiger partial charge < -0.3 is 34.1 Å². The van der Waals surface area contributed by atoms with E-state index in [1.54, 1.807) is 24.3 Å². The minimum absolute atomic E-state index is 0.0337. The molecule has 0 bridgehead atoms. The van der Waals surface area contributed by atoms with E-state index in [1.807, 2.05) is 97.1 Å². The highest BCUT2D eigenvalue weighted by Crippen LogP contribution is 2.46. The molecule has 0 radical (unpaired) electrons. The summed E-state index contributed by atoms with van der Waals surface area (Å²) in [5, 5.41) is 50.4. The SMILES string of the molecule is Oc1cc(O)cc(-c2cc3c4c(c2)c2ccccc2n4-c2cc(-c4ccc5c(c4)c4ccccc4n5-c4ccc(-c5nc(-c6ccccc6)cc(-c6ccccc6)n5)cc4-c4nc(-c5ccccc5)nc(-c5ccccc5)n4)cc4c2B3c2cc(-c3cc(O)cc(O)c3)cc3c5ccccc5n-4c23)c1. The van der Waals surface area contributed by atoms with Crippen molar-refractivity contribution in [3.63, 3.8) is 0 Å². The highest BCUT2D eigenvalue weighted by molar-refractivity contribution is 7.00. The van der Waals surface area contributed by atoms with Crippen LogP contribution in [0.5, 0.6) is 23.0 Å². The molecule has 0 saturated heterocycles. The molecule has 12 nitrogen and oxygen atoms in total. The summed E-state index contributed by atoms with van der Waals surface area (Å²) in [7, 11) is 0. The van der Waals surface area contributed by atoms with Crippen molar-refractivity contribution in [3.8, 4) is 142 Å². The molecule has 0 aliphatic carbocycles. The predicted molar refractivity (Wildman–Crippen MR) is 419 cm³/mol. The maximum Gasteiger partial charge on any atom is 0.252 e. The van der Waals surface area contributed by atoms with E-state index < -0.39 is 0 Å². The maximum absolute atomic E-state index is 11.0. The lowest BCUT2D eigenvalue weighted by Crippen LogP contribution is -2.59. The first-order valence-electron chi connectivity index (χ1n) is 34.6. The number of hydrogen-bond acceptors (Lipinski definition) is 9. The van der Waals surface area contributed by atoms with Crippen molar-refractivity contribution < 1.29 is 20.4 Å². The van der Waals surface area contributed by atoms with Gasteiger partial charge in [-0.15, -0.1) is 0 Å². The van der Waals surface area contributed by atoms with E-state index in [9.17, 15) is 20.4 Å². The molecule has 0 unspecified atom stereocenters. The number of phenolic OH excluding ortho intramolecular Hbond substituents is 4. The smallest absolute Gasteiger partial charge is 0.252 e. The van der Waals surface area contributed by atoms with Crippen LogP contribution in [0.2, 0.25) is 0 Å². The van der Waals surface area contributed by atoms with Crippen LogP contribution >= 0.6 is 0 Å². The molecule has 2 aliphatic rings. The fourth-order valence-corrected chi connectivity index (χ4v) is 16.5. The Kier molecular flexibility index (Phi) is 12.8. The van der Waals surface area contributed by atoms with Crippen molar-refractivity contribution in [2.24, 2.45) is 0 Å². The third-order valence-electron chi connectivity index (χ3n) is 20.9. The van der Waals surface area contributed by atoms with Crippen molar-refractivity contribution in [1.29, 1.82) is 0 Å². The minimum atomic E-state index is -0.354. The second-order valence-electron chi connectivity index (χ2n) is 27.0. The van der Waals surface area contributed by atoms with Crippen LogP contribution in [0.4, 0.5) is 0 Å². The summed E-state index contributed by atoms with van der Waals surface area (Å²) in [5.41, 5.74) is 24.1. The van der Waals surface area contributed by atoms with Gasteiger partial charge in [0.1, 0.15) is 23.0 Å². The Morgan fingerprint density at radius 3 is 1.10 bits per heavy atom. The third-order valence-corrected chi connectivity index (χ3v) is 20.9.